The number of rotatable bonds is 2. The van der Waals surface area contributed by atoms with E-state index in [-0.39, 0.29) is 5.82 Å². The highest BCUT2D eigenvalue weighted by molar-refractivity contribution is 9.10. The molecule has 1 aromatic heterocycles. The van der Waals surface area contributed by atoms with Gasteiger partial charge in [-0.25, -0.2) is 14.4 Å². The molecule has 0 aliphatic carbocycles. The molecule has 4 nitrogen and oxygen atoms in total. The lowest BCUT2D eigenvalue weighted by molar-refractivity contribution is 0.627. The van der Waals surface area contributed by atoms with E-state index in [1.165, 1.54) is 12.1 Å². The van der Waals surface area contributed by atoms with Crippen molar-refractivity contribution < 1.29 is 4.39 Å². The van der Waals surface area contributed by atoms with Gasteiger partial charge in [0.15, 0.2) is 5.84 Å². The van der Waals surface area contributed by atoms with Gasteiger partial charge in [0.05, 0.1) is 5.70 Å². The summed E-state index contributed by atoms with van der Waals surface area (Å²) in [5, 5.41) is 0. The molecule has 2 aliphatic heterocycles. The summed E-state index contributed by atoms with van der Waals surface area (Å²) in [5.41, 5.74) is 10.4. The van der Waals surface area contributed by atoms with E-state index >= 15 is 0 Å². The van der Waals surface area contributed by atoms with Gasteiger partial charge in [-0.05, 0) is 48.0 Å². The van der Waals surface area contributed by atoms with E-state index in [9.17, 15) is 4.39 Å². The second-order valence-electron chi connectivity index (χ2n) is 5.55. The monoisotopic (exact) mass is 382 g/mol. The Morgan fingerprint density at radius 3 is 2.42 bits per heavy atom. The van der Waals surface area contributed by atoms with Crippen molar-refractivity contribution in [3.8, 4) is 0 Å². The van der Waals surface area contributed by atoms with Crippen LogP contribution in [0.25, 0.3) is 11.3 Å². The molecule has 2 aromatic rings. The first-order chi connectivity index (χ1) is 11.5. The number of fused-ring (bicyclic) bond motifs is 1. The molecule has 2 N–H and O–H groups in total. The maximum atomic E-state index is 13.3. The summed E-state index contributed by atoms with van der Waals surface area (Å²) in [7, 11) is 0. The molecule has 4 rings (SSSR count). The Kier molecular flexibility index (Phi) is 3.51. The van der Waals surface area contributed by atoms with Gasteiger partial charge in [0.25, 0.3) is 0 Å². The minimum atomic E-state index is -0.822. The van der Waals surface area contributed by atoms with Gasteiger partial charge in [-0.15, -0.1) is 0 Å². The first-order valence-corrected chi connectivity index (χ1v) is 8.09. The van der Waals surface area contributed by atoms with Crippen LogP contribution in [0.5, 0.6) is 0 Å². The molecule has 1 aromatic carbocycles. The highest BCUT2D eigenvalue weighted by Crippen LogP contribution is 2.41. The molecule has 0 fully saturated rings. The highest BCUT2D eigenvalue weighted by Gasteiger charge is 2.32. The Morgan fingerprint density at radius 2 is 1.71 bits per heavy atom. The van der Waals surface area contributed by atoms with Crippen LogP contribution in [0.4, 0.5) is 4.39 Å². The zero-order valence-electron chi connectivity index (χ0n) is 12.4. The number of hydrogen-bond acceptors (Lipinski definition) is 4. The van der Waals surface area contributed by atoms with E-state index in [1.807, 2.05) is 18.2 Å². The molecular formula is C18H12BrFN4. The van der Waals surface area contributed by atoms with Crippen molar-refractivity contribution in [3.63, 3.8) is 0 Å². The SMILES string of the molecule is NC1(Br)C=NC2=NC(c3ccc(F)cc3)=C(c3ccncc3)C2=C1. The summed E-state index contributed by atoms with van der Waals surface area (Å²) in [6.45, 7) is 0. The predicted molar refractivity (Wildman–Crippen MR) is 97.3 cm³/mol. The van der Waals surface area contributed by atoms with Crippen molar-refractivity contribution in [2.45, 2.75) is 4.45 Å². The summed E-state index contributed by atoms with van der Waals surface area (Å²) >= 11 is 3.43. The fourth-order valence-electron chi connectivity index (χ4n) is 2.74. The van der Waals surface area contributed by atoms with Gasteiger partial charge in [0.2, 0.25) is 0 Å². The standard InChI is InChI=1S/C18H12BrFN4/c19-18(21)9-14-15(11-5-7-22-8-6-11)16(24-17(14)23-10-18)12-1-3-13(20)4-2-12/h1-10H,21H2. The molecule has 0 radical (unpaired) electrons. The third-order valence-corrected chi connectivity index (χ3v) is 4.24. The number of alkyl halides is 1. The summed E-state index contributed by atoms with van der Waals surface area (Å²) < 4.78 is 12.5. The van der Waals surface area contributed by atoms with Crippen molar-refractivity contribution in [1.29, 1.82) is 0 Å². The third-order valence-electron chi connectivity index (χ3n) is 3.80. The molecule has 0 spiro atoms. The second-order valence-corrected chi connectivity index (χ2v) is 6.92. The van der Waals surface area contributed by atoms with Crippen LogP contribution >= 0.6 is 15.9 Å². The quantitative estimate of drug-likeness (QED) is 0.637. The van der Waals surface area contributed by atoms with E-state index < -0.39 is 4.45 Å². The smallest absolute Gasteiger partial charge is 0.160 e. The van der Waals surface area contributed by atoms with E-state index in [2.05, 4.69) is 30.9 Å². The van der Waals surface area contributed by atoms with E-state index in [4.69, 9.17) is 5.73 Å². The molecule has 24 heavy (non-hydrogen) atoms. The van der Waals surface area contributed by atoms with Gasteiger partial charge in [0, 0.05) is 35.3 Å². The van der Waals surface area contributed by atoms with Crippen molar-refractivity contribution in [3.05, 3.63) is 77.4 Å². The maximum absolute atomic E-state index is 13.3. The van der Waals surface area contributed by atoms with Crippen LogP contribution in [0.1, 0.15) is 11.1 Å². The van der Waals surface area contributed by atoms with E-state index in [0.717, 1.165) is 28.0 Å². The number of hydrogen-bond donors (Lipinski definition) is 1. The Hall–Kier alpha value is -2.44. The molecule has 6 heteroatoms. The number of amidine groups is 1. The summed E-state index contributed by atoms with van der Waals surface area (Å²) in [4.78, 5) is 13.1. The zero-order valence-corrected chi connectivity index (χ0v) is 14.0. The van der Waals surface area contributed by atoms with Gasteiger partial charge in [-0.3, -0.25) is 4.98 Å². The van der Waals surface area contributed by atoms with Crippen LogP contribution < -0.4 is 5.73 Å². The highest BCUT2D eigenvalue weighted by atomic mass is 79.9. The normalized spacial score (nSPS) is 22.3. The van der Waals surface area contributed by atoms with Crippen molar-refractivity contribution >= 4 is 39.3 Å². The van der Waals surface area contributed by atoms with Crippen molar-refractivity contribution in [1.82, 2.24) is 4.98 Å². The molecule has 1 unspecified atom stereocenters. The van der Waals surface area contributed by atoms with Crippen LogP contribution in [0, 0.1) is 5.82 Å². The molecule has 0 saturated carbocycles. The Bertz CT molecular complexity index is 925. The average Bonchev–Trinajstić information content (AvgIpc) is 2.93. The van der Waals surface area contributed by atoms with Gasteiger partial charge in [0.1, 0.15) is 10.3 Å². The van der Waals surface area contributed by atoms with Crippen LogP contribution in [0.3, 0.4) is 0 Å². The van der Waals surface area contributed by atoms with E-state index in [1.54, 1.807) is 30.7 Å². The average molecular weight is 383 g/mol. The maximum Gasteiger partial charge on any atom is 0.160 e. The predicted octanol–water partition coefficient (Wildman–Crippen LogP) is 3.56. The topological polar surface area (TPSA) is 63.6 Å². The summed E-state index contributed by atoms with van der Waals surface area (Å²) in [6, 6.07) is 10.1. The Balaban J connectivity index is 1.95. The summed E-state index contributed by atoms with van der Waals surface area (Å²) in [5.74, 6) is 0.313. The molecule has 1 atom stereocenters. The lowest BCUT2D eigenvalue weighted by atomic mass is 9.93. The van der Waals surface area contributed by atoms with Gasteiger partial charge >= 0.3 is 0 Å². The number of nitrogens with two attached hydrogens (primary N) is 1. The lowest BCUT2D eigenvalue weighted by Crippen LogP contribution is -2.35. The first-order valence-electron chi connectivity index (χ1n) is 7.29. The Morgan fingerprint density at radius 1 is 1.00 bits per heavy atom. The number of halogens is 2. The number of pyridine rings is 1. The summed E-state index contributed by atoms with van der Waals surface area (Å²) in [6.07, 6.45) is 6.93. The lowest BCUT2D eigenvalue weighted by Gasteiger charge is -2.19. The number of aromatic nitrogens is 1. The number of benzene rings is 1. The second kappa shape index (κ2) is 5.58. The molecule has 0 bridgehead atoms. The molecule has 2 aliphatic rings. The minimum Gasteiger partial charge on any atom is -0.309 e. The van der Waals surface area contributed by atoms with Crippen LogP contribution in [0.15, 0.2) is 70.4 Å². The van der Waals surface area contributed by atoms with Crippen LogP contribution in [0.2, 0.25) is 0 Å². The number of dihydropyridines is 1. The van der Waals surface area contributed by atoms with Crippen molar-refractivity contribution in [2.24, 2.45) is 15.7 Å². The minimum absolute atomic E-state index is 0.286. The Labute approximate surface area is 146 Å². The van der Waals surface area contributed by atoms with Crippen LogP contribution in [-0.4, -0.2) is 21.5 Å². The fourth-order valence-corrected chi connectivity index (χ4v) is 3.07. The van der Waals surface area contributed by atoms with E-state index in [0.29, 0.717) is 5.84 Å². The molecule has 0 amide bonds. The van der Waals surface area contributed by atoms with Gasteiger partial charge in [-0.2, -0.15) is 0 Å². The fraction of sp³-hybridized carbons (Fsp3) is 0.0556. The molecule has 3 heterocycles. The number of aliphatic imine (C=N–C) groups is 2. The van der Waals surface area contributed by atoms with Crippen molar-refractivity contribution in [2.75, 3.05) is 0 Å². The first kappa shape index (κ1) is 15.1. The van der Waals surface area contributed by atoms with Gasteiger partial charge in [-0.1, -0.05) is 15.9 Å². The molecule has 0 saturated heterocycles. The largest absolute Gasteiger partial charge is 0.309 e. The third kappa shape index (κ3) is 2.64. The molecule has 118 valence electrons. The van der Waals surface area contributed by atoms with Crippen LogP contribution in [-0.2, 0) is 0 Å². The van der Waals surface area contributed by atoms with Gasteiger partial charge < -0.3 is 5.73 Å². The molecular weight excluding hydrogens is 371 g/mol. The zero-order chi connectivity index (χ0) is 16.7. The number of nitrogens with zero attached hydrogens (tertiary/aromatic N) is 3.